The first-order chi connectivity index (χ1) is 22.5. The normalized spacial score (nSPS) is 17.9. The molecular weight excluding hydrogens is 617 g/mol. The van der Waals surface area contributed by atoms with Gasteiger partial charge in [0.25, 0.3) is 5.91 Å². The Balaban J connectivity index is 0.821. The minimum absolute atomic E-state index is 0.0218. The maximum absolute atomic E-state index is 13.2. The van der Waals surface area contributed by atoms with Gasteiger partial charge < -0.3 is 15.1 Å². The van der Waals surface area contributed by atoms with Gasteiger partial charge in [-0.15, -0.1) is 22.7 Å². The Bertz CT molecular complexity index is 2070. The summed E-state index contributed by atoms with van der Waals surface area (Å²) >= 11 is 3.11. The molecule has 0 aliphatic carbocycles. The molecule has 3 aromatic heterocycles. The van der Waals surface area contributed by atoms with E-state index in [0.717, 1.165) is 73.7 Å². The van der Waals surface area contributed by atoms with E-state index in [9.17, 15) is 9.59 Å². The number of thiophene rings is 1. The number of hydrogen-bond acceptors (Lipinski definition) is 10. The van der Waals surface area contributed by atoms with Crippen LogP contribution in [0.2, 0.25) is 0 Å². The first-order valence-corrected chi connectivity index (χ1v) is 17.1. The van der Waals surface area contributed by atoms with Crippen molar-refractivity contribution in [2.24, 2.45) is 4.99 Å². The molecule has 12 heteroatoms. The number of carbonyl (C=O) groups excluding carboxylic acids is 2. The fourth-order valence-electron chi connectivity index (χ4n) is 6.39. The van der Waals surface area contributed by atoms with Crippen LogP contribution in [0, 0.1) is 6.92 Å². The third kappa shape index (κ3) is 5.68. The summed E-state index contributed by atoms with van der Waals surface area (Å²) in [7, 11) is 0. The molecule has 0 spiro atoms. The van der Waals surface area contributed by atoms with Crippen LogP contribution in [0.25, 0.3) is 27.3 Å². The number of piperazine rings is 1. The van der Waals surface area contributed by atoms with Crippen LogP contribution in [-0.4, -0.2) is 88.4 Å². The molecule has 232 valence electrons. The van der Waals surface area contributed by atoms with Crippen LogP contribution in [0.15, 0.2) is 72.0 Å². The van der Waals surface area contributed by atoms with Crippen LogP contribution in [-0.2, 0) is 4.79 Å². The van der Waals surface area contributed by atoms with Crippen LogP contribution in [0.5, 0.6) is 0 Å². The summed E-state index contributed by atoms with van der Waals surface area (Å²) in [5.41, 5.74) is 5.12. The minimum Gasteiger partial charge on any atom is -0.368 e. The van der Waals surface area contributed by atoms with E-state index in [1.807, 2.05) is 42.2 Å². The summed E-state index contributed by atoms with van der Waals surface area (Å²) in [6, 6.07) is 18.3. The van der Waals surface area contributed by atoms with Crippen molar-refractivity contribution in [3.63, 3.8) is 0 Å². The number of anilines is 1. The van der Waals surface area contributed by atoms with Crippen LogP contribution >= 0.6 is 22.7 Å². The quantitative estimate of drug-likeness (QED) is 0.289. The standard InChI is InChI=1S/C34H32N8O2S2/c1-21-37-27-8-5-23(17-28(27)45-21)31-26-18-29(46-34(26)39-31)33(44)38-24-9-12-40(19-24)20-30(43)42-15-13-41(14-16-42)25-6-3-22(4-7-25)32-35-10-2-11-36-32/h2-8,10-11,17-18,24H,9,12-16,19-20H2,1H3,(H,38,44). The van der Waals surface area contributed by atoms with Gasteiger partial charge in [-0.05, 0) is 61.9 Å². The number of aryl methyl sites for hydroxylation is 1. The molecule has 46 heavy (non-hydrogen) atoms. The van der Waals surface area contributed by atoms with E-state index in [1.165, 1.54) is 11.3 Å². The molecular formula is C34H32N8O2S2. The van der Waals surface area contributed by atoms with Gasteiger partial charge in [0.1, 0.15) is 4.67 Å². The second-order valence-corrected chi connectivity index (χ2v) is 14.2. The topological polar surface area (TPSA) is 107 Å². The van der Waals surface area contributed by atoms with Crippen molar-refractivity contribution in [3.8, 4) is 11.4 Å². The highest BCUT2D eigenvalue weighted by molar-refractivity contribution is 7.18. The Morgan fingerprint density at radius 1 is 0.935 bits per heavy atom. The molecule has 2 amide bonds. The Morgan fingerprint density at radius 3 is 2.52 bits per heavy atom. The highest BCUT2D eigenvalue weighted by Gasteiger charge is 2.29. The predicted octanol–water partition coefficient (Wildman–Crippen LogP) is 3.07. The lowest BCUT2D eigenvalue weighted by molar-refractivity contribution is -0.132. The number of nitrogens with zero attached hydrogens (tertiary/aromatic N) is 7. The number of hydrogen-bond donors (Lipinski definition) is 1. The van der Waals surface area contributed by atoms with E-state index >= 15 is 0 Å². The number of likely N-dealkylation sites (tertiary alicyclic amines) is 1. The van der Waals surface area contributed by atoms with E-state index in [1.54, 1.807) is 23.7 Å². The molecule has 1 N–H and O–H groups in total. The second kappa shape index (κ2) is 12.0. The molecule has 8 rings (SSSR count). The Kier molecular flexibility index (Phi) is 7.55. The largest absolute Gasteiger partial charge is 0.368 e. The molecule has 10 nitrogen and oxygen atoms in total. The lowest BCUT2D eigenvalue weighted by Crippen LogP contribution is -2.51. The number of rotatable bonds is 7. The highest BCUT2D eigenvalue weighted by atomic mass is 32.1. The highest BCUT2D eigenvalue weighted by Crippen LogP contribution is 2.27. The lowest BCUT2D eigenvalue weighted by atomic mass is 10.1. The van der Waals surface area contributed by atoms with Gasteiger partial charge in [-0.1, -0.05) is 6.07 Å². The lowest BCUT2D eigenvalue weighted by Gasteiger charge is -2.36. The van der Waals surface area contributed by atoms with Crippen LogP contribution in [0.1, 0.15) is 26.7 Å². The Morgan fingerprint density at radius 2 is 1.72 bits per heavy atom. The van der Waals surface area contributed by atoms with Crippen LogP contribution in [0.4, 0.5) is 5.69 Å². The van der Waals surface area contributed by atoms with Gasteiger partial charge in [-0.2, -0.15) is 0 Å². The molecule has 2 saturated heterocycles. The van der Waals surface area contributed by atoms with Crippen molar-refractivity contribution in [2.75, 3.05) is 50.7 Å². The first kappa shape index (κ1) is 28.9. The van der Waals surface area contributed by atoms with Crippen molar-refractivity contribution < 1.29 is 9.59 Å². The van der Waals surface area contributed by atoms with Crippen molar-refractivity contribution >= 4 is 56.1 Å². The average molecular weight is 649 g/mol. The molecule has 3 aliphatic rings. The molecule has 3 aliphatic heterocycles. The zero-order valence-corrected chi connectivity index (χ0v) is 27.0. The number of amides is 2. The fraction of sp³-hybridized carbons (Fsp3) is 0.294. The third-order valence-electron chi connectivity index (χ3n) is 8.83. The number of carbonyl (C=O) groups is 2. The molecule has 0 bridgehead atoms. The van der Waals surface area contributed by atoms with E-state index in [0.29, 0.717) is 36.9 Å². The van der Waals surface area contributed by atoms with E-state index in [-0.39, 0.29) is 17.9 Å². The van der Waals surface area contributed by atoms with Gasteiger partial charge in [-0.25, -0.2) is 19.9 Å². The number of benzene rings is 2. The summed E-state index contributed by atoms with van der Waals surface area (Å²) < 4.78 is 2.05. The maximum Gasteiger partial charge on any atom is 0.261 e. The first-order valence-electron chi connectivity index (χ1n) is 15.5. The summed E-state index contributed by atoms with van der Waals surface area (Å²) in [6.07, 6.45) is 4.33. The van der Waals surface area contributed by atoms with Gasteiger partial charge in [0.15, 0.2) is 5.82 Å². The fourth-order valence-corrected chi connectivity index (χ4v) is 8.19. The number of fused-ring (bicyclic) bond motifs is 2. The van der Waals surface area contributed by atoms with Crippen molar-refractivity contribution in [1.29, 1.82) is 0 Å². The Hall–Kier alpha value is -4.52. The molecule has 5 aromatic rings. The zero-order chi connectivity index (χ0) is 31.2. The van der Waals surface area contributed by atoms with Crippen molar-refractivity contribution in [3.05, 3.63) is 92.3 Å². The van der Waals surface area contributed by atoms with Crippen LogP contribution < -0.4 is 20.1 Å². The third-order valence-corrected chi connectivity index (χ3v) is 10.8. The van der Waals surface area contributed by atoms with Crippen molar-refractivity contribution in [2.45, 2.75) is 19.4 Å². The van der Waals surface area contributed by atoms with Gasteiger partial charge >= 0.3 is 0 Å². The molecule has 2 fully saturated rings. The average Bonchev–Trinajstić information content (AvgIpc) is 3.77. The Labute approximate surface area is 273 Å². The van der Waals surface area contributed by atoms with E-state index < -0.39 is 0 Å². The summed E-state index contributed by atoms with van der Waals surface area (Å²) in [5.74, 6) is 0.798. The monoisotopic (exact) mass is 648 g/mol. The molecule has 6 heterocycles. The molecule has 1 unspecified atom stereocenters. The van der Waals surface area contributed by atoms with Crippen LogP contribution in [0.3, 0.4) is 0 Å². The smallest absolute Gasteiger partial charge is 0.261 e. The molecule has 0 saturated carbocycles. The number of thiazole rings is 1. The molecule has 0 radical (unpaired) electrons. The SMILES string of the molecule is Cc1nc2ccc(C3=c4cc(C(=O)NC5CCN(CC(=O)N6CCN(c7ccc(-c8ncccn8)cc7)CC6)C5)sc4=N3)cc2s1. The van der Waals surface area contributed by atoms with E-state index in [4.69, 9.17) is 4.99 Å². The number of aromatic nitrogens is 3. The minimum atomic E-state index is -0.0684. The van der Waals surface area contributed by atoms with E-state index in [2.05, 4.69) is 54.3 Å². The maximum atomic E-state index is 13.2. The summed E-state index contributed by atoms with van der Waals surface area (Å²) in [4.78, 5) is 51.3. The molecule has 1 atom stereocenters. The number of nitrogens with one attached hydrogen (secondary N) is 1. The zero-order valence-electron chi connectivity index (χ0n) is 25.3. The van der Waals surface area contributed by atoms with Crippen molar-refractivity contribution in [1.82, 2.24) is 30.1 Å². The summed E-state index contributed by atoms with van der Waals surface area (Å²) in [5, 5.41) is 5.28. The van der Waals surface area contributed by atoms with Gasteiger partial charge in [0, 0.05) is 79.7 Å². The molecule has 2 aromatic carbocycles. The van der Waals surface area contributed by atoms with Gasteiger partial charge in [0.05, 0.1) is 32.3 Å². The predicted molar refractivity (Wildman–Crippen MR) is 181 cm³/mol. The van der Waals surface area contributed by atoms with Gasteiger partial charge in [0.2, 0.25) is 5.91 Å². The summed E-state index contributed by atoms with van der Waals surface area (Å²) in [6.45, 7) is 6.84. The van der Waals surface area contributed by atoms with Gasteiger partial charge in [-0.3, -0.25) is 14.5 Å². The second-order valence-electron chi connectivity index (χ2n) is 11.9.